The van der Waals surface area contributed by atoms with E-state index in [2.05, 4.69) is 10.1 Å². The van der Waals surface area contributed by atoms with E-state index >= 15 is 0 Å². The first kappa shape index (κ1) is 12.9. The van der Waals surface area contributed by atoms with E-state index in [0.29, 0.717) is 10.9 Å². The highest BCUT2D eigenvalue weighted by Crippen LogP contribution is 2.25. The van der Waals surface area contributed by atoms with Crippen molar-refractivity contribution in [2.24, 2.45) is 7.05 Å². The smallest absolute Gasteiger partial charge is 0.167 e. The van der Waals surface area contributed by atoms with Crippen LogP contribution in [-0.4, -0.2) is 14.8 Å². The minimum Gasteiger partial charge on any atom is -0.487 e. The number of hydrogen-bond acceptors (Lipinski definition) is 3. The second-order valence-electron chi connectivity index (χ2n) is 4.37. The third-order valence-corrected chi connectivity index (χ3v) is 3.22. The first-order valence-corrected chi connectivity index (χ1v) is 6.36. The molecule has 0 spiro atoms. The standard InChI is InChI=1S/C14H11ClFN3O/c1-19-7-12(16)13(18-19)8-20-10-2-3-11-9(6-10)4-5-17-14(11)15/h2-7H,8H2,1H3. The van der Waals surface area contributed by atoms with Crippen molar-refractivity contribution >= 4 is 22.4 Å². The van der Waals surface area contributed by atoms with Gasteiger partial charge in [-0.3, -0.25) is 4.68 Å². The lowest BCUT2D eigenvalue weighted by atomic mass is 10.2. The van der Waals surface area contributed by atoms with Crippen LogP contribution >= 0.6 is 11.6 Å². The molecule has 0 saturated carbocycles. The number of ether oxygens (including phenoxy) is 1. The van der Waals surface area contributed by atoms with Crippen LogP contribution in [0.2, 0.25) is 5.15 Å². The van der Waals surface area contributed by atoms with E-state index in [9.17, 15) is 4.39 Å². The zero-order valence-electron chi connectivity index (χ0n) is 10.7. The van der Waals surface area contributed by atoms with Gasteiger partial charge in [-0.05, 0) is 29.7 Å². The molecule has 0 N–H and O–H groups in total. The molecule has 0 aliphatic rings. The van der Waals surface area contributed by atoms with E-state index in [1.165, 1.54) is 10.9 Å². The minimum absolute atomic E-state index is 0.0804. The van der Waals surface area contributed by atoms with Gasteiger partial charge in [0, 0.05) is 18.6 Å². The Balaban J connectivity index is 1.83. The Morgan fingerprint density at radius 1 is 1.35 bits per heavy atom. The summed E-state index contributed by atoms with van der Waals surface area (Å²) in [5.74, 6) is 0.255. The maximum atomic E-state index is 13.4. The summed E-state index contributed by atoms with van der Waals surface area (Å²) in [6.07, 6.45) is 2.94. The van der Waals surface area contributed by atoms with Gasteiger partial charge in [0.1, 0.15) is 23.2 Å². The fraction of sp³-hybridized carbons (Fsp3) is 0.143. The zero-order chi connectivity index (χ0) is 14.1. The number of benzene rings is 1. The second-order valence-corrected chi connectivity index (χ2v) is 4.73. The highest BCUT2D eigenvalue weighted by molar-refractivity contribution is 6.34. The number of pyridine rings is 1. The number of aromatic nitrogens is 3. The summed E-state index contributed by atoms with van der Waals surface area (Å²) in [5, 5.41) is 6.21. The first-order valence-electron chi connectivity index (χ1n) is 5.98. The van der Waals surface area contributed by atoms with Crippen LogP contribution in [-0.2, 0) is 13.7 Å². The SMILES string of the molecule is Cn1cc(F)c(COc2ccc3c(Cl)nccc3c2)n1. The largest absolute Gasteiger partial charge is 0.487 e. The molecular formula is C14H11ClFN3O. The number of rotatable bonds is 3. The Bertz CT molecular complexity index is 772. The van der Waals surface area contributed by atoms with Crippen LogP contribution < -0.4 is 4.74 Å². The molecular weight excluding hydrogens is 281 g/mol. The minimum atomic E-state index is -0.375. The molecule has 1 aromatic carbocycles. The number of hydrogen-bond donors (Lipinski definition) is 0. The number of nitrogens with zero attached hydrogens (tertiary/aromatic N) is 3. The van der Waals surface area contributed by atoms with Gasteiger partial charge in [0.15, 0.2) is 5.82 Å². The number of fused-ring (bicyclic) bond motifs is 1. The van der Waals surface area contributed by atoms with Crippen LogP contribution in [0.25, 0.3) is 10.8 Å². The van der Waals surface area contributed by atoms with Crippen molar-refractivity contribution in [3.8, 4) is 5.75 Å². The quantitative estimate of drug-likeness (QED) is 0.695. The maximum Gasteiger partial charge on any atom is 0.167 e. The van der Waals surface area contributed by atoms with Crippen molar-refractivity contribution in [3.05, 3.63) is 53.3 Å². The molecule has 0 radical (unpaired) electrons. The van der Waals surface area contributed by atoms with Crippen molar-refractivity contribution in [2.45, 2.75) is 6.61 Å². The maximum absolute atomic E-state index is 13.4. The summed E-state index contributed by atoms with van der Waals surface area (Å²) >= 11 is 5.99. The van der Waals surface area contributed by atoms with E-state index in [4.69, 9.17) is 16.3 Å². The summed E-state index contributed by atoms with van der Waals surface area (Å²) < 4.78 is 20.4. The van der Waals surface area contributed by atoms with E-state index in [1.807, 2.05) is 18.2 Å². The Morgan fingerprint density at radius 3 is 2.95 bits per heavy atom. The average molecular weight is 292 g/mol. The van der Waals surface area contributed by atoms with Crippen LogP contribution in [0, 0.1) is 5.82 Å². The van der Waals surface area contributed by atoms with Crippen molar-refractivity contribution in [2.75, 3.05) is 0 Å². The fourth-order valence-corrected chi connectivity index (χ4v) is 2.19. The molecule has 0 unspecified atom stereocenters. The van der Waals surface area contributed by atoms with Crippen LogP contribution in [0.5, 0.6) is 5.75 Å². The van der Waals surface area contributed by atoms with Crippen molar-refractivity contribution in [1.82, 2.24) is 14.8 Å². The van der Waals surface area contributed by atoms with Crippen LogP contribution in [0.1, 0.15) is 5.69 Å². The Morgan fingerprint density at radius 2 is 2.20 bits per heavy atom. The molecule has 0 bridgehead atoms. The lowest BCUT2D eigenvalue weighted by Gasteiger charge is -2.06. The molecule has 20 heavy (non-hydrogen) atoms. The predicted molar refractivity (Wildman–Crippen MR) is 74.3 cm³/mol. The first-order chi connectivity index (χ1) is 9.63. The van der Waals surface area contributed by atoms with Crippen LogP contribution in [0.4, 0.5) is 4.39 Å². The zero-order valence-corrected chi connectivity index (χ0v) is 11.4. The third-order valence-electron chi connectivity index (χ3n) is 2.92. The highest BCUT2D eigenvalue weighted by Gasteiger charge is 2.08. The van der Waals surface area contributed by atoms with Gasteiger partial charge in [-0.2, -0.15) is 5.10 Å². The molecule has 6 heteroatoms. The second kappa shape index (κ2) is 5.09. The Kier molecular flexibility index (Phi) is 3.28. The molecule has 3 aromatic rings. The molecule has 2 heterocycles. The van der Waals surface area contributed by atoms with Gasteiger partial charge in [-0.1, -0.05) is 11.6 Å². The molecule has 0 fully saturated rings. The van der Waals surface area contributed by atoms with Gasteiger partial charge in [-0.25, -0.2) is 9.37 Å². The summed E-state index contributed by atoms with van der Waals surface area (Å²) in [4.78, 5) is 4.01. The molecule has 102 valence electrons. The van der Waals surface area contributed by atoms with Crippen LogP contribution in [0.15, 0.2) is 36.7 Å². The average Bonchev–Trinajstić information content (AvgIpc) is 2.75. The molecule has 3 rings (SSSR count). The van der Waals surface area contributed by atoms with Gasteiger partial charge >= 0.3 is 0 Å². The number of aryl methyl sites for hydroxylation is 1. The van der Waals surface area contributed by atoms with Crippen LogP contribution in [0.3, 0.4) is 0 Å². The molecule has 2 aromatic heterocycles. The highest BCUT2D eigenvalue weighted by atomic mass is 35.5. The molecule has 4 nitrogen and oxygen atoms in total. The monoisotopic (exact) mass is 291 g/mol. The van der Waals surface area contributed by atoms with E-state index in [1.54, 1.807) is 19.3 Å². The molecule has 0 atom stereocenters. The van der Waals surface area contributed by atoms with Crippen molar-refractivity contribution in [1.29, 1.82) is 0 Å². The van der Waals surface area contributed by atoms with E-state index in [0.717, 1.165) is 10.8 Å². The molecule has 0 saturated heterocycles. The molecule has 0 amide bonds. The summed E-state index contributed by atoms with van der Waals surface area (Å²) in [5.41, 5.74) is 0.278. The Labute approximate surface area is 119 Å². The van der Waals surface area contributed by atoms with Crippen molar-refractivity contribution < 1.29 is 9.13 Å². The summed E-state index contributed by atoms with van der Waals surface area (Å²) in [7, 11) is 1.66. The van der Waals surface area contributed by atoms with Gasteiger partial charge < -0.3 is 4.74 Å². The van der Waals surface area contributed by atoms with E-state index in [-0.39, 0.29) is 18.1 Å². The fourth-order valence-electron chi connectivity index (χ4n) is 1.96. The summed E-state index contributed by atoms with van der Waals surface area (Å²) in [6.45, 7) is 0.0804. The van der Waals surface area contributed by atoms with Gasteiger partial charge in [0.2, 0.25) is 0 Å². The third kappa shape index (κ3) is 2.44. The lowest BCUT2D eigenvalue weighted by Crippen LogP contribution is -1.99. The molecule has 0 aliphatic heterocycles. The van der Waals surface area contributed by atoms with Gasteiger partial charge in [0.25, 0.3) is 0 Å². The van der Waals surface area contributed by atoms with Crippen molar-refractivity contribution in [3.63, 3.8) is 0 Å². The normalized spacial score (nSPS) is 10.9. The lowest BCUT2D eigenvalue weighted by molar-refractivity contribution is 0.294. The number of halogens is 2. The van der Waals surface area contributed by atoms with Gasteiger partial charge in [-0.15, -0.1) is 0 Å². The topological polar surface area (TPSA) is 39.9 Å². The Hall–Kier alpha value is -2.14. The summed E-state index contributed by atoms with van der Waals surface area (Å²) in [6, 6.07) is 7.28. The van der Waals surface area contributed by atoms with E-state index < -0.39 is 0 Å². The van der Waals surface area contributed by atoms with Gasteiger partial charge in [0.05, 0.1) is 6.20 Å². The molecule has 0 aliphatic carbocycles. The predicted octanol–water partition coefficient (Wildman–Crippen LogP) is 3.34.